The normalized spacial score (nSPS) is 29.2. The highest BCUT2D eigenvalue weighted by atomic mass is 33.1. The van der Waals surface area contributed by atoms with Gasteiger partial charge in [0.15, 0.2) is 0 Å². The number of carboxylic acids is 1. The summed E-state index contributed by atoms with van der Waals surface area (Å²) in [6.07, 6.45) is 3.98. The lowest BCUT2D eigenvalue weighted by atomic mass is 10.0. The van der Waals surface area contributed by atoms with Gasteiger partial charge < -0.3 is 78.5 Å². The maximum atomic E-state index is 14.9. The maximum absolute atomic E-state index is 14.9. The van der Waals surface area contributed by atoms with E-state index in [4.69, 9.17) is 5.73 Å². The summed E-state index contributed by atoms with van der Waals surface area (Å²) < 4.78 is 0. The van der Waals surface area contributed by atoms with Crippen LogP contribution in [0.4, 0.5) is 0 Å². The summed E-state index contributed by atoms with van der Waals surface area (Å²) in [5.74, 6) is -12.0. The predicted octanol–water partition coefficient (Wildman–Crippen LogP) is -1.82. The van der Waals surface area contributed by atoms with Gasteiger partial charge in [-0.1, -0.05) is 120 Å². The van der Waals surface area contributed by atoms with Crippen LogP contribution < -0.4 is 53.6 Å². The molecule has 28 nitrogen and oxygen atoms in total. The molecular formula is C57H85N13O15S4. The number of nitrogens with one attached hydrogen (secondary N) is 9. The molecule has 1 aromatic rings. The fourth-order valence-corrected chi connectivity index (χ4v) is 15.7. The molecule has 5 aliphatic rings. The van der Waals surface area contributed by atoms with Crippen LogP contribution in [0.15, 0.2) is 30.3 Å². The molecule has 32 heteroatoms. The van der Waals surface area contributed by atoms with Crippen molar-refractivity contribution in [2.45, 2.75) is 183 Å². The van der Waals surface area contributed by atoms with E-state index in [0.29, 0.717) is 50.5 Å². The van der Waals surface area contributed by atoms with E-state index in [9.17, 15) is 72.5 Å². The number of carboxylic acid groups (broad SMARTS) is 1. The Hall–Kier alpha value is -6.35. The van der Waals surface area contributed by atoms with Crippen LogP contribution in [0.5, 0.6) is 0 Å². The van der Waals surface area contributed by atoms with Crippen LogP contribution in [0.1, 0.15) is 110 Å². The summed E-state index contributed by atoms with van der Waals surface area (Å²) in [5, 5.41) is 44.9. The Morgan fingerprint density at radius 2 is 0.978 bits per heavy atom. The summed E-state index contributed by atoms with van der Waals surface area (Å²) in [4.78, 5) is 189. The van der Waals surface area contributed by atoms with Gasteiger partial charge in [0.2, 0.25) is 70.9 Å². The number of unbranched alkanes of at least 4 members (excludes halogenated alkanes) is 2. The van der Waals surface area contributed by atoms with Gasteiger partial charge in [0, 0.05) is 49.1 Å². The maximum Gasteiger partial charge on any atom is 0.327 e. The van der Waals surface area contributed by atoms with Crippen LogP contribution in [0.3, 0.4) is 0 Å². The minimum Gasteiger partial charge on any atom is -0.480 e. The summed E-state index contributed by atoms with van der Waals surface area (Å²) in [6.45, 7) is 4.18. The number of aliphatic carboxylic acids is 1. The fraction of sp³-hybridized carbons (Fsp3) is 0.667. The zero-order valence-corrected chi connectivity index (χ0v) is 53.6. The molecule has 492 valence electrons. The summed E-state index contributed by atoms with van der Waals surface area (Å²) in [5.41, 5.74) is 6.27. The molecule has 0 aromatic heterocycles. The van der Waals surface area contributed by atoms with Crippen molar-refractivity contribution < 1.29 is 72.5 Å². The molecule has 5 saturated heterocycles. The minimum atomic E-state index is -1.71. The Bertz CT molecular complexity index is 2710. The highest BCUT2D eigenvalue weighted by Gasteiger charge is 2.46. The molecular weight excluding hydrogens is 1230 g/mol. The first kappa shape index (κ1) is 71.7. The molecule has 0 spiro atoms. The van der Waals surface area contributed by atoms with E-state index in [1.54, 1.807) is 37.3 Å². The zero-order valence-electron chi connectivity index (χ0n) is 50.3. The molecule has 1 aromatic carbocycles. The number of amides is 12. The number of aliphatic hydroxyl groups is 1. The number of fused-ring (bicyclic) bond motifs is 11. The van der Waals surface area contributed by atoms with Gasteiger partial charge in [0.25, 0.3) is 0 Å². The van der Waals surface area contributed by atoms with Gasteiger partial charge >= 0.3 is 5.97 Å². The second-order valence-electron chi connectivity index (χ2n) is 22.4. The molecule has 5 fully saturated rings. The summed E-state index contributed by atoms with van der Waals surface area (Å²) in [6, 6.07) is -7.54. The van der Waals surface area contributed by atoms with Crippen LogP contribution >= 0.6 is 43.2 Å². The average molecular weight is 1320 g/mol. The van der Waals surface area contributed by atoms with Crippen molar-refractivity contribution in [3.63, 3.8) is 0 Å². The smallest absolute Gasteiger partial charge is 0.327 e. The molecule has 5 aliphatic heterocycles. The van der Waals surface area contributed by atoms with Gasteiger partial charge in [-0.15, -0.1) is 0 Å². The Morgan fingerprint density at radius 3 is 1.51 bits per heavy atom. The van der Waals surface area contributed by atoms with Crippen LogP contribution in [-0.4, -0.2) is 230 Å². The standard InChI is InChI=1S/C57H85N13O15S4/c1-4-7-17-34-54(81)68-22-12-19-42(68)53(80)67-41(57(84)85)31-89-88-29-39-51(78)64-37(27-71)48(75)62-35(18-8-5-2)55(82)70-24-14-21-44(70)56(83)69-23-13-20-43(69)52(79)66-40(30-87-86-28-38(49(76)65-39)59-45(72)26-58)50(77)63-36(25-32-15-10-9-11-16-32)47(74)60-33(6-3)46(73)61-34/h9-11,15-16,33-44,71H,4-8,12-14,17-31,58H2,1-3H3,(H,59,72)(H,60,74)(H,61,73)(H,62,75)(H,63,77)(H,64,78)(H,65,76)(H,66,79)(H,67,80)(H,84,85)/t33-,34-,35-,36-,37-,38-,39-,40-,41-,42-,43-,44-/m0/s1. The van der Waals surface area contributed by atoms with Crippen molar-refractivity contribution >= 4 is 120 Å². The lowest BCUT2D eigenvalue weighted by molar-refractivity contribution is -0.148. The van der Waals surface area contributed by atoms with E-state index in [2.05, 4.69) is 47.9 Å². The Labute approximate surface area is 533 Å². The Kier molecular flexibility index (Phi) is 28.9. The second kappa shape index (κ2) is 35.9. The SMILES string of the molecule is CCCC[C@@H]1NC(=O)[C@H](CC)NC(=O)[C@H](Cc2ccccc2)NC(=O)[C@@H]2CSSC[C@H](NC(=O)CN)C(=O)N[C@@H](CSSC[C@@H](C(=O)O)NC(=O)[C@@H]3CCCN3C1=O)C(=O)N[C@@H](CO)C(=O)N[C@@H](CCCC)C(=O)N1CCC[C@H]1C(=O)N1CCC[C@H]1C(=O)N2. The number of aliphatic hydroxyl groups excluding tert-OH is 1. The first-order valence-electron chi connectivity index (χ1n) is 30.4. The van der Waals surface area contributed by atoms with Gasteiger partial charge in [0.05, 0.1) is 13.2 Å². The number of carbonyl (C=O) groups excluding carboxylic acids is 12. The first-order chi connectivity index (χ1) is 42.7. The van der Waals surface area contributed by atoms with Gasteiger partial charge in [-0.2, -0.15) is 0 Å². The van der Waals surface area contributed by atoms with Gasteiger partial charge in [-0.25, -0.2) is 4.79 Å². The molecule has 0 radical (unpaired) electrons. The van der Waals surface area contributed by atoms with Crippen LogP contribution in [0.25, 0.3) is 0 Å². The molecule has 2 bridgehead atoms. The van der Waals surface area contributed by atoms with Gasteiger partial charge in [-0.3, -0.25) is 57.5 Å². The molecule has 89 heavy (non-hydrogen) atoms. The quantitative estimate of drug-likeness (QED) is 0.0968. The number of hydrogen-bond acceptors (Lipinski definition) is 19. The number of nitrogens with two attached hydrogens (primary N) is 1. The number of carbonyl (C=O) groups is 13. The fourth-order valence-electron chi connectivity index (χ4n) is 11.0. The van der Waals surface area contributed by atoms with E-state index < -0.39 is 163 Å². The predicted molar refractivity (Wildman–Crippen MR) is 335 cm³/mol. The van der Waals surface area contributed by atoms with E-state index in [0.717, 1.165) is 43.2 Å². The number of benzene rings is 1. The van der Waals surface area contributed by atoms with Crippen LogP contribution in [0, 0.1) is 0 Å². The third kappa shape index (κ3) is 20.3. The molecule has 12 amide bonds. The van der Waals surface area contributed by atoms with Crippen LogP contribution in [0.2, 0.25) is 0 Å². The van der Waals surface area contributed by atoms with Crippen molar-refractivity contribution in [3.05, 3.63) is 35.9 Å². The monoisotopic (exact) mass is 1320 g/mol. The minimum absolute atomic E-state index is 0.0224. The van der Waals surface area contributed by atoms with Crippen molar-refractivity contribution in [2.24, 2.45) is 5.73 Å². The molecule has 0 saturated carbocycles. The van der Waals surface area contributed by atoms with Crippen molar-refractivity contribution in [1.82, 2.24) is 62.6 Å². The lowest BCUT2D eigenvalue weighted by Gasteiger charge is -2.33. The topological polar surface area (TPSA) is 406 Å². The highest BCUT2D eigenvalue weighted by molar-refractivity contribution is 8.77. The van der Waals surface area contributed by atoms with Gasteiger partial charge in [0.1, 0.15) is 72.5 Å². The zero-order chi connectivity index (χ0) is 64.7. The Morgan fingerprint density at radius 1 is 0.528 bits per heavy atom. The molecule has 0 unspecified atom stereocenters. The lowest BCUT2D eigenvalue weighted by Crippen LogP contribution is -2.61. The third-order valence-corrected chi connectivity index (χ3v) is 20.9. The van der Waals surface area contributed by atoms with E-state index >= 15 is 0 Å². The summed E-state index contributed by atoms with van der Waals surface area (Å²) >= 11 is 0. The molecule has 0 aliphatic carbocycles. The van der Waals surface area contributed by atoms with Crippen molar-refractivity contribution in [2.75, 3.05) is 55.8 Å². The second-order valence-corrected chi connectivity index (χ2v) is 27.5. The largest absolute Gasteiger partial charge is 0.480 e. The third-order valence-electron chi connectivity index (χ3n) is 16.0. The van der Waals surface area contributed by atoms with E-state index in [-0.39, 0.29) is 87.6 Å². The Balaban J connectivity index is 1.45. The highest BCUT2D eigenvalue weighted by Crippen LogP contribution is 2.29. The van der Waals surface area contributed by atoms with Crippen molar-refractivity contribution in [1.29, 1.82) is 0 Å². The average Bonchev–Trinajstić information content (AvgIpc) is 1.92. The first-order valence-corrected chi connectivity index (χ1v) is 35.4. The number of nitrogens with zero attached hydrogens (tertiary/aromatic N) is 3. The summed E-state index contributed by atoms with van der Waals surface area (Å²) in [7, 11) is 3.72. The number of hydrogen-bond donors (Lipinski definition) is 12. The van der Waals surface area contributed by atoms with Gasteiger partial charge in [-0.05, 0) is 63.4 Å². The molecule has 12 atom stereocenters. The molecule has 5 heterocycles. The molecule has 13 N–H and O–H groups in total. The molecule has 6 rings (SSSR count). The van der Waals surface area contributed by atoms with E-state index in [1.807, 2.05) is 13.8 Å². The number of rotatable bonds is 13. The van der Waals surface area contributed by atoms with Crippen molar-refractivity contribution in [3.8, 4) is 0 Å². The van der Waals surface area contributed by atoms with E-state index in [1.165, 1.54) is 14.7 Å². The van der Waals surface area contributed by atoms with Crippen LogP contribution in [-0.2, 0) is 68.7 Å².